The van der Waals surface area contributed by atoms with Crippen molar-refractivity contribution in [3.63, 3.8) is 0 Å². The molecule has 4 nitrogen and oxygen atoms in total. The summed E-state index contributed by atoms with van der Waals surface area (Å²) in [6.07, 6.45) is 1.56. The predicted molar refractivity (Wildman–Crippen MR) is 93.2 cm³/mol. The van der Waals surface area contributed by atoms with Crippen molar-refractivity contribution < 1.29 is 10.2 Å². The first-order chi connectivity index (χ1) is 11.2. The Morgan fingerprint density at radius 1 is 0.783 bits per heavy atom. The molecule has 0 aliphatic heterocycles. The minimum Gasteiger partial charge on any atom is -0.508 e. The van der Waals surface area contributed by atoms with Gasteiger partial charge in [0, 0.05) is 29.2 Å². The number of benzene rings is 3. The lowest BCUT2D eigenvalue weighted by atomic mass is 10.2. The van der Waals surface area contributed by atoms with Crippen LogP contribution in [0.25, 0.3) is 0 Å². The molecule has 0 amide bonds. The molecule has 3 aromatic carbocycles. The second kappa shape index (κ2) is 6.66. The van der Waals surface area contributed by atoms with E-state index in [9.17, 15) is 10.2 Å². The van der Waals surface area contributed by atoms with Crippen molar-refractivity contribution in [2.75, 3.05) is 5.32 Å². The largest absolute Gasteiger partial charge is 0.508 e. The number of phenolic OH excluding ortho intramolecular Hbond substituents is 2. The summed E-state index contributed by atoms with van der Waals surface area (Å²) in [6, 6.07) is 22.0. The van der Waals surface area contributed by atoms with Crippen LogP contribution in [0.15, 0.2) is 77.8 Å². The van der Waals surface area contributed by atoms with E-state index in [0.717, 1.165) is 17.1 Å². The van der Waals surface area contributed by atoms with Gasteiger partial charge in [-0.2, -0.15) is 0 Å². The number of nitrogens with one attached hydrogen (secondary N) is 1. The Morgan fingerprint density at radius 3 is 2.17 bits per heavy atom. The van der Waals surface area contributed by atoms with E-state index in [0.29, 0.717) is 5.56 Å². The highest BCUT2D eigenvalue weighted by molar-refractivity contribution is 5.85. The summed E-state index contributed by atoms with van der Waals surface area (Å²) in [6.45, 7) is 0. The van der Waals surface area contributed by atoms with E-state index in [-0.39, 0.29) is 11.5 Å². The molecule has 3 aromatic rings. The number of para-hydroxylation sites is 1. The van der Waals surface area contributed by atoms with Gasteiger partial charge in [0.2, 0.25) is 0 Å². The van der Waals surface area contributed by atoms with Crippen LogP contribution in [0, 0.1) is 0 Å². The van der Waals surface area contributed by atoms with Crippen molar-refractivity contribution in [2.45, 2.75) is 0 Å². The molecule has 0 aromatic heterocycles. The van der Waals surface area contributed by atoms with Gasteiger partial charge in [-0.1, -0.05) is 18.2 Å². The molecule has 3 N–H and O–H groups in total. The fourth-order valence-corrected chi connectivity index (χ4v) is 2.10. The van der Waals surface area contributed by atoms with Crippen molar-refractivity contribution in [3.8, 4) is 11.5 Å². The molecule has 0 radical (unpaired) electrons. The van der Waals surface area contributed by atoms with Crippen molar-refractivity contribution in [3.05, 3.63) is 78.4 Å². The smallest absolute Gasteiger partial charge is 0.128 e. The van der Waals surface area contributed by atoms with E-state index >= 15 is 0 Å². The summed E-state index contributed by atoms with van der Waals surface area (Å²) >= 11 is 0. The zero-order valence-corrected chi connectivity index (χ0v) is 12.3. The minimum absolute atomic E-state index is 0.00360. The maximum Gasteiger partial charge on any atom is 0.128 e. The molecule has 0 unspecified atom stereocenters. The van der Waals surface area contributed by atoms with Crippen molar-refractivity contribution >= 4 is 23.3 Å². The lowest BCUT2D eigenvalue weighted by Crippen LogP contribution is -1.88. The van der Waals surface area contributed by atoms with Gasteiger partial charge >= 0.3 is 0 Å². The molecule has 0 saturated heterocycles. The number of rotatable bonds is 4. The molecule has 0 saturated carbocycles. The van der Waals surface area contributed by atoms with Crippen LogP contribution in [0.2, 0.25) is 0 Å². The highest BCUT2D eigenvalue weighted by atomic mass is 16.3. The fraction of sp³-hybridized carbons (Fsp3) is 0. The summed E-state index contributed by atoms with van der Waals surface area (Å²) in [4.78, 5) is 4.32. The SMILES string of the molecule is Oc1ccc(C=Nc2ccc(Nc3ccccc3)cc2)c(O)c1. The highest BCUT2D eigenvalue weighted by Gasteiger charge is 1.99. The van der Waals surface area contributed by atoms with Crippen LogP contribution >= 0.6 is 0 Å². The standard InChI is InChI=1S/C19H16N2O2/c22-18-11-6-14(19(23)12-18)13-20-15-7-9-17(10-8-15)21-16-4-2-1-3-5-16/h1-13,21-23H. The number of hydrogen-bond acceptors (Lipinski definition) is 4. The number of aromatic hydroxyl groups is 2. The molecule has 0 bridgehead atoms. The van der Waals surface area contributed by atoms with Crippen molar-refractivity contribution in [1.82, 2.24) is 0 Å². The topological polar surface area (TPSA) is 64.9 Å². The Balaban J connectivity index is 1.71. The normalized spacial score (nSPS) is 10.8. The average Bonchev–Trinajstić information content (AvgIpc) is 2.56. The maximum atomic E-state index is 9.72. The third-order valence-electron chi connectivity index (χ3n) is 3.30. The highest BCUT2D eigenvalue weighted by Crippen LogP contribution is 2.23. The molecule has 23 heavy (non-hydrogen) atoms. The number of anilines is 2. The van der Waals surface area contributed by atoms with Crippen LogP contribution in [-0.2, 0) is 0 Å². The fourth-order valence-electron chi connectivity index (χ4n) is 2.10. The molecule has 3 rings (SSSR count). The molecule has 0 heterocycles. The summed E-state index contributed by atoms with van der Waals surface area (Å²) in [7, 11) is 0. The molecular weight excluding hydrogens is 288 g/mol. The Bertz CT molecular complexity index is 813. The zero-order valence-electron chi connectivity index (χ0n) is 12.3. The second-order valence-electron chi connectivity index (χ2n) is 5.04. The minimum atomic E-state index is -0.00360. The Morgan fingerprint density at radius 2 is 1.48 bits per heavy atom. The third-order valence-corrected chi connectivity index (χ3v) is 3.30. The van der Waals surface area contributed by atoms with E-state index in [1.54, 1.807) is 12.3 Å². The molecule has 0 atom stereocenters. The van der Waals surface area contributed by atoms with Gasteiger partial charge in [0.25, 0.3) is 0 Å². The number of aliphatic imine (C=N–C) groups is 1. The van der Waals surface area contributed by atoms with Gasteiger partial charge < -0.3 is 15.5 Å². The van der Waals surface area contributed by atoms with E-state index < -0.39 is 0 Å². The third kappa shape index (κ3) is 3.89. The van der Waals surface area contributed by atoms with E-state index in [4.69, 9.17) is 0 Å². The van der Waals surface area contributed by atoms with Gasteiger partial charge in [0.15, 0.2) is 0 Å². The molecule has 0 aliphatic rings. The number of nitrogens with zero attached hydrogens (tertiary/aromatic N) is 1. The van der Waals surface area contributed by atoms with Crippen LogP contribution < -0.4 is 5.32 Å². The van der Waals surface area contributed by atoms with Gasteiger partial charge in [-0.15, -0.1) is 0 Å². The summed E-state index contributed by atoms with van der Waals surface area (Å²) in [5.74, 6) is 0.0205. The van der Waals surface area contributed by atoms with E-state index in [2.05, 4.69) is 10.3 Å². The predicted octanol–water partition coefficient (Wildman–Crippen LogP) is 4.59. The molecule has 114 valence electrons. The quantitative estimate of drug-likeness (QED) is 0.618. The number of hydrogen-bond donors (Lipinski definition) is 3. The van der Waals surface area contributed by atoms with Gasteiger partial charge in [0.1, 0.15) is 11.5 Å². The first kappa shape index (κ1) is 14.7. The zero-order chi connectivity index (χ0) is 16.1. The van der Waals surface area contributed by atoms with Crippen molar-refractivity contribution in [1.29, 1.82) is 0 Å². The monoisotopic (exact) mass is 304 g/mol. The van der Waals surface area contributed by atoms with Gasteiger partial charge in [0.05, 0.1) is 5.69 Å². The molecular formula is C19H16N2O2. The van der Waals surface area contributed by atoms with Crippen molar-refractivity contribution in [2.24, 2.45) is 4.99 Å². The van der Waals surface area contributed by atoms with Crippen LogP contribution in [0.5, 0.6) is 11.5 Å². The summed E-state index contributed by atoms with van der Waals surface area (Å²) in [5.41, 5.74) is 3.32. The lowest BCUT2D eigenvalue weighted by molar-refractivity contribution is 0.450. The van der Waals surface area contributed by atoms with Gasteiger partial charge in [-0.05, 0) is 48.5 Å². The Hall–Kier alpha value is -3.27. The van der Waals surface area contributed by atoms with Gasteiger partial charge in [-0.3, -0.25) is 4.99 Å². The number of phenols is 2. The average molecular weight is 304 g/mol. The Labute approximate surface area is 134 Å². The summed E-state index contributed by atoms with van der Waals surface area (Å²) < 4.78 is 0. The first-order valence-electron chi connectivity index (χ1n) is 7.19. The van der Waals surface area contributed by atoms with Crippen LogP contribution in [0.3, 0.4) is 0 Å². The van der Waals surface area contributed by atoms with Gasteiger partial charge in [-0.25, -0.2) is 0 Å². The van der Waals surface area contributed by atoms with Crippen LogP contribution in [-0.4, -0.2) is 16.4 Å². The Kier molecular flexibility index (Phi) is 4.25. The molecule has 0 spiro atoms. The van der Waals surface area contributed by atoms with E-state index in [1.807, 2.05) is 54.6 Å². The lowest BCUT2D eigenvalue weighted by Gasteiger charge is -2.06. The van der Waals surface area contributed by atoms with Crippen LogP contribution in [0.1, 0.15) is 5.56 Å². The first-order valence-corrected chi connectivity index (χ1v) is 7.19. The summed E-state index contributed by atoms with van der Waals surface area (Å²) in [5, 5.41) is 22.3. The maximum absolute atomic E-state index is 9.72. The van der Waals surface area contributed by atoms with E-state index in [1.165, 1.54) is 12.1 Å². The molecule has 0 aliphatic carbocycles. The molecule has 4 heteroatoms. The second-order valence-corrected chi connectivity index (χ2v) is 5.04. The molecule has 0 fully saturated rings. The van der Waals surface area contributed by atoms with Crippen LogP contribution in [0.4, 0.5) is 17.1 Å².